The van der Waals surface area contributed by atoms with Gasteiger partial charge in [-0.25, -0.2) is 0 Å². The Bertz CT molecular complexity index is 162. The maximum atomic E-state index is 4.47. The number of rotatable bonds is 6. The standard InChI is InChI=1S/C13H29NS/c1-7-11(2)8-14(6)9-12(10-15)13(3,4)5/h11-12,15H,7-10H2,1-6H3. The van der Waals surface area contributed by atoms with Crippen molar-refractivity contribution < 1.29 is 0 Å². The maximum Gasteiger partial charge on any atom is 0.00195 e. The van der Waals surface area contributed by atoms with Crippen LogP contribution in [0.1, 0.15) is 41.0 Å². The summed E-state index contributed by atoms with van der Waals surface area (Å²) in [5.74, 6) is 2.46. The molecule has 0 saturated carbocycles. The molecular formula is C13H29NS. The van der Waals surface area contributed by atoms with E-state index in [4.69, 9.17) is 0 Å². The van der Waals surface area contributed by atoms with Crippen molar-refractivity contribution in [2.75, 3.05) is 25.9 Å². The summed E-state index contributed by atoms with van der Waals surface area (Å²) in [6.07, 6.45) is 1.27. The van der Waals surface area contributed by atoms with Crippen LogP contribution in [-0.4, -0.2) is 30.8 Å². The van der Waals surface area contributed by atoms with Crippen LogP contribution in [-0.2, 0) is 0 Å². The van der Waals surface area contributed by atoms with Gasteiger partial charge in [-0.15, -0.1) is 0 Å². The summed E-state index contributed by atoms with van der Waals surface area (Å²) in [5, 5.41) is 0. The summed E-state index contributed by atoms with van der Waals surface area (Å²) >= 11 is 4.47. The Labute approximate surface area is 102 Å². The van der Waals surface area contributed by atoms with Gasteiger partial charge in [0.05, 0.1) is 0 Å². The number of thiol groups is 1. The highest BCUT2D eigenvalue weighted by Gasteiger charge is 2.24. The van der Waals surface area contributed by atoms with Crippen molar-refractivity contribution in [1.82, 2.24) is 4.90 Å². The monoisotopic (exact) mass is 231 g/mol. The summed E-state index contributed by atoms with van der Waals surface area (Å²) < 4.78 is 0. The van der Waals surface area contributed by atoms with E-state index < -0.39 is 0 Å². The number of nitrogens with zero attached hydrogens (tertiary/aromatic N) is 1. The lowest BCUT2D eigenvalue weighted by Crippen LogP contribution is -2.36. The molecule has 2 atom stereocenters. The average Bonchev–Trinajstić information content (AvgIpc) is 2.12. The zero-order valence-corrected chi connectivity index (χ0v) is 12.3. The second-order valence-electron chi connectivity index (χ2n) is 5.98. The molecule has 0 aliphatic carbocycles. The molecular weight excluding hydrogens is 202 g/mol. The van der Waals surface area contributed by atoms with Crippen LogP contribution in [0.3, 0.4) is 0 Å². The van der Waals surface area contributed by atoms with Gasteiger partial charge in [0, 0.05) is 13.1 Å². The summed E-state index contributed by atoms with van der Waals surface area (Å²) in [6.45, 7) is 13.9. The second-order valence-corrected chi connectivity index (χ2v) is 6.35. The molecule has 0 heterocycles. The molecule has 0 aliphatic rings. The molecule has 0 saturated heterocycles. The third kappa shape index (κ3) is 6.47. The fourth-order valence-electron chi connectivity index (χ4n) is 1.72. The second kappa shape index (κ2) is 6.80. The first-order chi connectivity index (χ1) is 6.81. The molecule has 0 spiro atoms. The first kappa shape index (κ1) is 15.3. The smallest absolute Gasteiger partial charge is 0.00195 e. The predicted molar refractivity (Wildman–Crippen MR) is 73.8 cm³/mol. The SMILES string of the molecule is CCC(C)CN(C)CC(CS)C(C)(C)C. The molecule has 0 aromatic carbocycles. The third-order valence-electron chi connectivity index (χ3n) is 3.30. The van der Waals surface area contributed by atoms with Crippen molar-refractivity contribution in [2.24, 2.45) is 17.3 Å². The van der Waals surface area contributed by atoms with Crippen molar-refractivity contribution in [3.05, 3.63) is 0 Å². The van der Waals surface area contributed by atoms with E-state index >= 15 is 0 Å². The molecule has 0 aliphatic heterocycles. The van der Waals surface area contributed by atoms with Crippen LogP contribution in [0.5, 0.6) is 0 Å². The van der Waals surface area contributed by atoms with Crippen molar-refractivity contribution in [1.29, 1.82) is 0 Å². The molecule has 0 rings (SSSR count). The highest BCUT2D eigenvalue weighted by Crippen LogP contribution is 2.27. The Morgan fingerprint density at radius 1 is 1.20 bits per heavy atom. The minimum absolute atomic E-state index is 0.367. The van der Waals surface area contributed by atoms with Crippen molar-refractivity contribution in [3.8, 4) is 0 Å². The number of hydrogen-bond acceptors (Lipinski definition) is 2. The van der Waals surface area contributed by atoms with Crippen LogP contribution in [0, 0.1) is 17.3 Å². The summed E-state index contributed by atoms with van der Waals surface area (Å²) in [5.41, 5.74) is 0.367. The van der Waals surface area contributed by atoms with Gasteiger partial charge in [-0.3, -0.25) is 0 Å². The van der Waals surface area contributed by atoms with Gasteiger partial charge in [0.2, 0.25) is 0 Å². The van der Waals surface area contributed by atoms with E-state index in [1.54, 1.807) is 0 Å². The molecule has 0 amide bonds. The van der Waals surface area contributed by atoms with E-state index in [0.717, 1.165) is 18.2 Å². The van der Waals surface area contributed by atoms with E-state index in [1.807, 2.05) is 0 Å². The Hall–Kier alpha value is 0.310. The topological polar surface area (TPSA) is 3.24 Å². The molecule has 2 unspecified atom stereocenters. The molecule has 2 heteroatoms. The van der Waals surface area contributed by atoms with Gasteiger partial charge < -0.3 is 4.90 Å². The predicted octanol–water partition coefficient (Wildman–Crippen LogP) is 3.56. The summed E-state index contributed by atoms with van der Waals surface area (Å²) in [4.78, 5) is 2.46. The molecule has 0 fully saturated rings. The minimum Gasteiger partial charge on any atom is -0.306 e. The molecule has 0 N–H and O–H groups in total. The van der Waals surface area contributed by atoms with Crippen LogP contribution in [0.4, 0.5) is 0 Å². The van der Waals surface area contributed by atoms with Gasteiger partial charge in [0.1, 0.15) is 0 Å². The number of hydrogen-bond donors (Lipinski definition) is 1. The molecule has 0 aromatic rings. The minimum atomic E-state index is 0.367. The Kier molecular flexibility index (Phi) is 6.94. The molecule has 92 valence electrons. The molecule has 0 aromatic heterocycles. The van der Waals surface area contributed by atoms with Crippen LogP contribution < -0.4 is 0 Å². The fraction of sp³-hybridized carbons (Fsp3) is 1.00. The lowest BCUT2D eigenvalue weighted by molar-refractivity contribution is 0.173. The molecule has 15 heavy (non-hydrogen) atoms. The summed E-state index contributed by atoms with van der Waals surface area (Å²) in [6, 6.07) is 0. The van der Waals surface area contributed by atoms with Gasteiger partial charge in [-0.05, 0) is 30.1 Å². The highest BCUT2D eigenvalue weighted by molar-refractivity contribution is 7.80. The van der Waals surface area contributed by atoms with Crippen LogP contribution in [0.15, 0.2) is 0 Å². The highest BCUT2D eigenvalue weighted by atomic mass is 32.1. The summed E-state index contributed by atoms with van der Waals surface area (Å²) in [7, 11) is 2.23. The van der Waals surface area contributed by atoms with E-state index in [0.29, 0.717) is 11.3 Å². The van der Waals surface area contributed by atoms with Crippen molar-refractivity contribution in [3.63, 3.8) is 0 Å². The first-order valence-electron chi connectivity index (χ1n) is 6.10. The van der Waals surface area contributed by atoms with Gasteiger partial charge in [0.15, 0.2) is 0 Å². The molecule has 0 bridgehead atoms. The molecule has 1 nitrogen and oxygen atoms in total. The lowest BCUT2D eigenvalue weighted by atomic mass is 9.81. The largest absolute Gasteiger partial charge is 0.306 e. The Morgan fingerprint density at radius 3 is 2.07 bits per heavy atom. The zero-order chi connectivity index (χ0) is 12.1. The van der Waals surface area contributed by atoms with Crippen LogP contribution in [0.2, 0.25) is 0 Å². The van der Waals surface area contributed by atoms with Crippen LogP contribution in [0.25, 0.3) is 0 Å². The van der Waals surface area contributed by atoms with Crippen molar-refractivity contribution >= 4 is 12.6 Å². The quantitative estimate of drug-likeness (QED) is 0.684. The maximum absolute atomic E-state index is 4.47. The van der Waals surface area contributed by atoms with Gasteiger partial charge >= 0.3 is 0 Å². The van der Waals surface area contributed by atoms with Gasteiger partial charge in [-0.2, -0.15) is 12.6 Å². The van der Waals surface area contributed by atoms with Gasteiger partial charge in [0.25, 0.3) is 0 Å². The molecule has 0 radical (unpaired) electrons. The first-order valence-corrected chi connectivity index (χ1v) is 6.73. The Morgan fingerprint density at radius 2 is 1.73 bits per heavy atom. The third-order valence-corrected chi connectivity index (χ3v) is 3.74. The van der Waals surface area contributed by atoms with Gasteiger partial charge in [-0.1, -0.05) is 41.0 Å². The normalized spacial score (nSPS) is 16.8. The zero-order valence-electron chi connectivity index (χ0n) is 11.4. The van der Waals surface area contributed by atoms with E-state index in [-0.39, 0.29) is 0 Å². The average molecular weight is 231 g/mol. The lowest BCUT2D eigenvalue weighted by Gasteiger charge is -2.33. The van der Waals surface area contributed by atoms with E-state index in [2.05, 4.69) is 59.2 Å². The van der Waals surface area contributed by atoms with Crippen molar-refractivity contribution in [2.45, 2.75) is 41.0 Å². The van der Waals surface area contributed by atoms with Crippen LogP contribution >= 0.6 is 12.6 Å². The van der Waals surface area contributed by atoms with E-state index in [1.165, 1.54) is 13.0 Å². The Balaban J connectivity index is 4.07. The van der Waals surface area contributed by atoms with E-state index in [9.17, 15) is 0 Å². The fourth-order valence-corrected chi connectivity index (χ4v) is 2.38.